The van der Waals surface area contributed by atoms with Crippen molar-refractivity contribution in [3.05, 3.63) is 29.3 Å². The van der Waals surface area contributed by atoms with Gasteiger partial charge < -0.3 is 45.7 Å². The monoisotopic (exact) mass is 658 g/mol. The number of ether oxygens (including phenoxy) is 2. The van der Waals surface area contributed by atoms with E-state index in [0.29, 0.717) is 0 Å². The number of hydrogen-bond acceptors (Lipinski definition) is 16. The van der Waals surface area contributed by atoms with Crippen LogP contribution in [0.4, 0.5) is 16.2 Å². The zero-order valence-corrected chi connectivity index (χ0v) is 24.5. The van der Waals surface area contributed by atoms with E-state index < -0.39 is 74.1 Å². The number of aliphatic hydroxyl groups is 3. The summed E-state index contributed by atoms with van der Waals surface area (Å²) in [6.07, 6.45) is -6.83. The van der Waals surface area contributed by atoms with E-state index in [1.165, 1.54) is 28.7 Å². The van der Waals surface area contributed by atoms with Gasteiger partial charge in [-0.15, -0.1) is 0 Å². The highest BCUT2D eigenvalue weighted by molar-refractivity contribution is 8.07. The zero-order valence-electron chi connectivity index (χ0n) is 22.7. The lowest BCUT2D eigenvalue weighted by atomic mass is 9.99. The van der Waals surface area contributed by atoms with Crippen LogP contribution in [-0.4, -0.2) is 109 Å². The first-order valence-corrected chi connectivity index (χ1v) is 15.7. The summed E-state index contributed by atoms with van der Waals surface area (Å²) in [4.78, 5) is 45.7. The SMILES string of the molecule is C[C@]1(COP(O)(=S)O[C@@H]2[C@H](F)[C@@H](CCO)O[C@H]2n2cnc3c(=O)[nH]c(N)nc32)O[C@@H](n2cnc3c(N)ncnc32)[C@H](O)[C@@H]1O. The largest absolute Gasteiger partial charge is 0.396 e. The van der Waals surface area contributed by atoms with Gasteiger partial charge >= 0.3 is 6.72 Å². The van der Waals surface area contributed by atoms with Gasteiger partial charge in [0.1, 0.15) is 35.8 Å². The number of nitrogens with two attached hydrogens (primary N) is 2. The van der Waals surface area contributed by atoms with E-state index in [4.69, 9.17) is 41.8 Å². The summed E-state index contributed by atoms with van der Waals surface area (Å²) in [5.41, 5.74) is 9.53. The van der Waals surface area contributed by atoms with Gasteiger partial charge in [-0.05, 0) is 25.2 Å². The molecule has 0 amide bonds. The Morgan fingerprint density at radius 2 is 1.86 bits per heavy atom. The standard InChI is InChI=1S/C22H28FN10O9PS/c1-22(14(36)12(35)19(41-22)32-6-28-10-15(24)26-5-27-16(10)32)4-39-43(38,44)42-13-9(23)8(2-3-34)40-20(13)33-7-29-11-17(33)30-21(25)31-18(11)37/h5-9,12-14,19-20,34-36H,2-4H2,1H3,(H,38,44)(H2,24,26,27)(H3,25,30,31,37)/t8-,9-,12-,13-,14+,19-,20-,22-,43?/m1/s1. The molecule has 0 saturated carbocycles. The first kappa shape index (κ1) is 30.8. The molecule has 2 fully saturated rings. The summed E-state index contributed by atoms with van der Waals surface area (Å²) in [5.74, 6) is -0.134. The Morgan fingerprint density at radius 1 is 1.16 bits per heavy atom. The molecule has 2 aliphatic rings. The molecule has 9 atom stereocenters. The number of halogens is 1. The van der Waals surface area contributed by atoms with Crippen LogP contribution in [-0.2, 0) is 30.3 Å². The van der Waals surface area contributed by atoms with E-state index in [1.807, 2.05) is 0 Å². The average Bonchev–Trinajstić information content (AvgIpc) is 3.71. The molecule has 0 aromatic carbocycles. The minimum absolute atomic E-state index is 0.0528. The van der Waals surface area contributed by atoms with E-state index in [2.05, 4.69) is 29.9 Å². The minimum Gasteiger partial charge on any atom is -0.396 e. The molecule has 0 spiro atoms. The second-order valence-corrected chi connectivity index (χ2v) is 13.2. The maximum absolute atomic E-state index is 15.6. The summed E-state index contributed by atoms with van der Waals surface area (Å²) in [6.45, 7) is -3.96. The predicted octanol–water partition coefficient (Wildman–Crippen LogP) is -1.63. The number of imidazole rings is 2. The number of hydrogen-bond donors (Lipinski definition) is 7. The summed E-state index contributed by atoms with van der Waals surface area (Å²) >= 11 is 5.18. The van der Waals surface area contributed by atoms with Crippen molar-refractivity contribution in [3.63, 3.8) is 0 Å². The molecule has 238 valence electrons. The van der Waals surface area contributed by atoms with Crippen molar-refractivity contribution in [1.29, 1.82) is 0 Å². The first-order valence-electron chi connectivity index (χ1n) is 13.1. The Morgan fingerprint density at radius 3 is 2.59 bits per heavy atom. The number of nitrogens with zero attached hydrogens (tertiary/aromatic N) is 7. The molecule has 1 unspecified atom stereocenters. The Kier molecular flexibility index (Phi) is 7.89. The summed E-state index contributed by atoms with van der Waals surface area (Å²) in [6, 6.07) is 0. The molecular formula is C22H28FN10O9PS. The molecule has 6 heterocycles. The number of H-pyrrole nitrogens is 1. The number of aliphatic hydroxyl groups excluding tert-OH is 3. The van der Waals surface area contributed by atoms with Crippen LogP contribution in [0.15, 0.2) is 23.8 Å². The number of aromatic amines is 1. The molecule has 9 N–H and O–H groups in total. The molecule has 19 nitrogen and oxygen atoms in total. The molecule has 4 aromatic heterocycles. The molecule has 2 saturated heterocycles. The van der Waals surface area contributed by atoms with Crippen LogP contribution >= 0.6 is 6.72 Å². The van der Waals surface area contributed by atoms with Gasteiger partial charge in [-0.2, -0.15) is 4.98 Å². The lowest BCUT2D eigenvalue weighted by Gasteiger charge is -2.30. The quantitative estimate of drug-likeness (QED) is 0.0994. The van der Waals surface area contributed by atoms with E-state index in [1.54, 1.807) is 0 Å². The van der Waals surface area contributed by atoms with Gasteiger partial charge in [-0.3, -0.25) is 23.4 Å². The Labute approximate surface area is 250 Å². The summed E-state index contributed by atoms with van der Waals surface area (Å²) in [7, 11) is 0. The van der Waals surface area contributed by atoms with Gasteiger partial charge in [0.15, 0.2) is 41.3 Å². The maximum atomic E-state index is 15.6. The third-order valence-electron chi connectivity index (χ3n) is 7.46. The number of nitrogens with one attached hydrogen (secondary N) is 1. The van der Waals surface area contributed by atoms with Crippen molar-refractivity contribution in [3.8, 4) is 0 Å². The van der Waals surface area contributed by atoms with Gasteiger partial charge in [0, 0.05) is 6.61 Å². The number of alkyl halides is 1. The number of nitrogen functional groups attached to an aromatic ring is 2. The van der Waals surface area contributed by atoms with E-state index in [0.717, 1.165) is 6.33 Å². The van der Waals surface area contributed by atoms with Gasteiger partial charge in [0.05, 0.1) is 25.4 Å². The third-order valence-corrected chi connectivity index (χ3v) is 9.00. The fourth-order valence-electron chi connectivity index (χ4n) is 5.24. The van der Waals surface area contributed by atoms with Crippen molar-refractivity contribution >= 4 is 52.6 Å². The van der Waals surface area contributed by atoms with Crippen LogP contribution in [0.25, 0.3) is 22.3 Å². The highest BCUT2D eigenvalue weighted by atomic mass is 32.5. The van der Waals surface area contributed by atoms with Crippen LogP contribution in [0.5, 0.6) is 0 Å². The zero-order chi connectivity index (χ0) is 31.6. The van der Waals surface area contributed by atoms with E-state index in [-0.39, 0.29) is 40.5 Å². The van der Waals surface area contributed by atoms with Gasteiger partial charge in [-0.25, -0.2) is 24.3 Å². The van der Waals surface area contributed by atoms with Gasteiger partial charge in [0.25, 0.3) is 5.56 Å². The van der Waals surface area contributed by atoms with Crippen molar-refractivity contribution < 1.29 is 43.1 Å². The van der Waals surface area contributed by atoms with Crippen molar-refractivity contribution in [1.82, 2.24) is 39.0 Å². The number of fused-ring (bicyclic) bond motifs is 2. The molecule has 2 aliphatic heterocycles. The Bertz CT molecular complexity index is 1810. The van der Waals surface area contributed by atoms with Crippen LogP contribution in [0.2, 0.25) is 0 Å². The first-order chi connectivity index (χ1) is 20.8. The van der Waals surface area contributed by atoms with Crippen LogP contribution in [0.3, 0.4) is 0 Å². The maximum Gasteiger partial charge on any atom is 0.325 e. The summed E-state index contributed by atoms with van der Waals surface area (Å²) in [5, 5.41) is 31.1. The van der Waals surface area contributed by atoms with Crippen molar-refractivity contribution in [2.45, 2.75) is 62.0 Å². The molecule has 4 aromatic rings. The van der Waals surface area contributed by atoms with Crippen molar-refractivity contribution in [2.75, 3.05) is 24.7 Å². The second-order valence-electron chi connectivity index (χ2n) is 10.4. The number of aromatic nitrogens is 8. The average molecular weight is 659 g/mol. The molecule has 0 radical (unpaired) electrons. The van der Waals surface area contributed by atoms with Gasteiger partial charge in [-0.1, -0.05) is 0 Å². The molecule has 0 bridgehead atoms. The predicted molar refractivity (Wildman–Crippen MR) is 151 cm³/mol. The highest BCUT2D eigenvalue weighted by Crippen LogP contribution is 2.52. The lowest BCUT2D eigenvalue weighted by molar-refractivity contribution is -0.114. The highest BCUT2D eigenvalue weighted by Gasteiger charge is 2.54. The third kappa shape index (κ3) is 5.23. The van der Waals surface area contributed by atoms with Crippen LogP contribution in [0.1, 0.15) is 25.8 Å². The van der Waals surface area contributed by atoms with E-state index in [9.17, 15) is 25.0 Å². The normalized spacial score (nSPS) is 32.1. The lowest BCUT2D eigenvalue weighted by Crippen LogP contribution is -2.44. The van der Waals surface area contributed by atoms with Gasteiger partial charge in [0.2, 0.25) is 5.95 Å². The fraction of sp³-hybridized carbons (Fsp3) is 0.545. The molecule has 6 rings (SSSR count). The topological polar surface area (TPSA) is 277 Å². The van der Waals surface area contributed by atoms with Crippen LogP contribution in [0, 0.1) is 0 Å². The second kappa shape index (κ2) is 11.3. The smallest absolute Gasteiger partial charge is 0.325 e. The Balaban J connectivity index is 1.22. The molecule has 22 heteroatoms. The van der Waals surface area contributed by atoms with Crippen molar-refractivity contribution in [2.24, 2.45) is 0 Å². The number of anilines is 2. The Hall–Kier alpha value is -3.24. The number of rotatable bonds is 9. The molecule has 44 heavy (non-hydrogen) atoms. The molecular weight excluding hydrogens is 630 g/mol. The van der Waals surface area contributed by atoms with E-state index >= 15 is 4.39 Å². The fourth-order valence-corrected chi connectivity index (χ4v) is 6.71. The summed E-state index contributed by atoms with van der Waals surface area (Å²) < 4.78 is 41.1. The minimum atomic E-state index is -4.33. The molecule has 0 aliphatic carbocycles. The van der Waals surface area contributed by atoms with Crippen LogP contribution < -0.4 is 17.0 Å².